The van der Waals surface area contributed by atoms with Crippen LogP contribution in [0.5, 0.6) is 0 Å². The van der Waals surface area contributed by atoms with E-state index in [-0.39, 0.29) is 18.1 Å². The van der Waals surface area contributed by atoms with E-state index in [4.69, 9.17) is 0 Å². The monoisotopic (exact) mass is 376 g/mol. The highest BCUT2D eigenvalue weighted by atomic mass is 19.1. The third kappa shape index (κ3) is 5.19. The lowest BCUT2D eigenvalue weighted by Gasteiger charge is -2.22. The molecule has 0 atom stereocenters. The second-order valence-electron chi connectivity index (χ2n) is 6.98. The van der Waals surface area contributed by atoms with Crippen molar-refractivity contribution in [3.05, 3.63) is 108 Å². The molecule has 0 aliphatic rings. The van der Waals surface area contributed by atoms with Gasteiger partial charge in [0.15, 0.2) is 0 Å². The van der Waals surface area contributed by atoms with E-state index in [0.717, 1.165) is 17.8 Å². The smallest absolute Gasteiger partial charge is 0.227 e. The van der Waals surface area contributed by atoms with Crippen molar-refractivity contribution in [2.45, 2.75) is 26.4 Å². The maximum Gasteiger partial charge on any atom is 0.227 e. The number of rotatable bonds is 8. The zero-order valence-electron chi connectivity index (χ0n) is 16.1. The number of carbonyl (C=O) groups is 1. The first-order valence-electron chi connectivity index (χ1n) is 9.38. The van der Waals surface area contributed by atoms with E-state index in [2.05, 4.69) is 42.3 Å². The van der Waals surface area contributed by atoms with E-state index >= 15 is 0 Å². The molecule has 0 bridgehead atoms. The Morgan fingerprint density at radius 3 is 2.61 bits per heavy atom. The van der Waals surface area contributed by atoms with Crippen molar-refractivity contribution < 1.29 is 9.18 Å². The Bertz CT molecular complexity index is 943. The fraction of sp³-hybridized carbons (Fsp3) is 0.208. The van der Waals surface area contributed by atoms with Crippen LogP contribution in [0.2, 0.25) is 0 Å². The second-order valence-corrected chi connectivity index (χ2v) is 6.98. The molecule has 1 heterocycles. The number of aromatic nitrogens is 1. The first kappa shape index (κ1) is 19.6. The van der Waals surface area contributed by atoms with E-state index in [0.29, 0.717) is 13.1 Å². The summed E-state index contributed by atoms with van der Waals surface area (Å²) in [7, 11) is 0. The predicted octanol–water partition coefficient (Wildman–Crippen LogP) is 4.74. The van der Waals surface area contributed by atoms with Gasteiger partial charge in [0.05, 0.1) is 13.0 Å². The van der Waals surface area contributed by atoms with Crippen LogP contribution in [-0.4, -0.2) is 21.9 Å². The lowest BCUT2D eigenvalue weighted by Crippen LogP contribution is -2.32. The van der Waals surface area contributed by atoms with Crippen molar-refractivity contribution in [1.29, 1.82) is 0 Å². The Morgan fingerprint density at radius 2 is 1.89 bits per heavy atom. The molecule has 3 aromatic rings. The van der Waals surface area contributed by atoms with Crippen LogP contribution in [0.1, 0.15) is 22.4 Å². The Morgan fingerprint density at radius 1 is 1.11 bits per heavy atom. The van der Waals surface area contributed by atoms with Crippen LogP contribution >= 0.6 is 0 Å². The average Bonchev–Trinajstić information content (AvgIpc) is 3.10. The predicted molar refractivity (Wildman–Crippen MR) is 110 cm³/mol. The fourth-order valence-corrected chi connectivity index (χ4v) is 3.25. The molecule has 144 valence electrons. The largest absolute Gasteiger partial charge is 0.345 e. The van der Waals surface area contributed by atoms with Crippen LogP contribution < -0.4 is 0 Å². The van der Waals surface area contributed by atoms with E-state index in [1.807, 2.05) is 18.3 Å². The summed E-state index contributed by atoms with van der Waals surface area (Å²) in [5.41, 5.74) is 4.32. The number of aryl methyl sites for hydroxylation is 1. The second kappa shape index (κ2) is 9.18. The van der Waals surface area contributed by atoms with Gasteiger partial charge in [0, 0.05) is 25.0 Å². The number of hydrogen-bond donors (Lipinski definition) is 0. The quantitative estimate of drug-likeness (QED) is 0.521. The summed E-state index contributed by atoms with van der Waals surface area (Å²) >= 11 is 0. The normalized spacial score (nSPS) is 10.6. The van der Waals surface area contributed by atoms with Gasteiger partial charge in [0.25, 0.3) is 0 Å². The number of amides is 1. The Hall–Kier alpha value is -3.14. The Kier molecular flexibility index (Phi) is 6.43. The molecule has 28 heavy (non-hydrogen) atoms. The van der Waals surface area contributed by atoms with E-state index < -0.39 is 0 Å². The van der Waals surface area contributed by atoms with E-state index in [9.17, 15) is 9.18 Å². The van der Waals surface area contributed by atoms with Gasteiger partial charge in [-0.2, -0.15) is 0 Å². The minimum absolute atomic E-state index is 0.00480. The molecule has 0 spiro atoms. The standard InChI is InChI=1S/C24H25FN2O/c1-3-13-27(24(28)16-20-9-11-22(25)12-10-20)18-23-8-5-14-26(23)17-21-7-4-6-19(2)15-21/h3-12,14-15H,1,13,16-18H2,2H3. The third-order valence-electron chi connectivity index (χ3n) is 4.68. The summed E-state index contributed by atoms with van der Waals surface area (Å²) in [5, 5.41) is 0. The van der Waals surface area contributed by atoms with Gasteiger partial charge in [-0.05, 0) is 42.3 Å². The molecular formula is C24H25FN2O. The molecular weight excluding hydrogens is 351 g/mol. The minimum atomic E-state index is -0.298. The molecule has 0 unspecified atom stereocenters. The summed E-state index contributed by atoms with van der Waals surface area (Å²) in [6, 6.07) is 18.5. The highest BCUT2D eigenvalue weighted by Gasteiger charge is 2.15. The molecule has 3 rings (SSSR count). The molecule has 3 nitrogen and oxygen atoms in total. The van der Waals surface area contributed by atoms with Gasteiger partial charge in [-0.25, -0.2) is 4.39 Å². The van der Waals surface area contributed by atoms with Gasteiger partial charge in [-0.3, -0.25) is 4.79 Å². The lowest BCUT2D eigenvalue weighted by molar-refractivity contribution is -0.130. The van der Waals surface area contributed by atoms with Crippen LogP contribution in [0.4, 0.5) is 4.39 Å². The summed E-state index contributed by atoms with van der Waals surface area (Å²) < 4.78 is 15.3. The Labute approximate surface area is 165 Å². The van der Waals surface area contributed by atoms with Crippen molar-refractivity contribution >= 4 is 5.91 Å². The van der Waals surface area contributed by atoms with Crippen molar-refractivity contribution in [2.24, 2.45) is 0 Å². The van der Waals surface area contributed by atoms with Gasteiger partial charge in [0.2, 0.25) is 5.91 Å². The van der Waals surface area contributed by atoms with Crippen molar-refractivity contribution in [3.63, 3.8) is 0 Å². The molecule has 0 N–H and O–H groups in total. The fourth-order valence-electron chi connectivity index (χ4n) is 3.25. The Balaban J connectivity index is 1.72. The molecule has 4 heteroatoms. The van der Waals surface area contributed by atoms with Crippen molar-refractivity contribution in [2.75, 3.05) is 6.54 Å². The third-order valence-corrected chi connectivity index (χ3v) is 4.68. The van der Waals surface area contributed by atoms with Crippen LogP contribution in [0, 0.1) is 12.7 Å². The highest BCUT2D eigenvalue weighted by Crippen LogP contribution is 2.13. The average molecular weight is 376 g/mol. The first-order chi connectivity index (χ1) is 13.5. The lowest BCUT2D eigenvalue weighted by atomic mass is 10.1. The van der Waals surface area contributed by atoms with Gasteiger partial charge in [0.1, 0.15) is 5.82 Å². The molecule has 1 aromatic heterocycles. The van der Waals surface area contributed by atoms with Crippen molar-refractivity contribution in [1.82, 2.24) is 9.47 Å². The van der Waals surface area contributed by atoms with Gasteiger partial charge < -0.3 is 9.47 Å². The van der Waals surface area contributed by atoms with Crippen LogP contribution in [-0.2, 0) is 24.3 Å². The number of halogens is 1. The summed E-state index contributed by atoms with van der Waals surface area (Å²) in [6.45, 7) is 7.60. The van der Waals surface area contributed by atoms with Crippen molar-refractivity contribution in [3.8, 4) is 0 Å². The number of carbonyl (C=O) groups excluding carboxylic acids is 1. The van der Waals surface area contributed by atoms with Gasteiger partial charge in [-0.15, -0.1) is 6.58 Å². The molecule has 2 aromatic carbocycles. The number of benzene rings is 2. The van der Waals surface area contributed by atoms with E-state index in [1.54, 1.807) is 23.1 Å². The zero-order valence-corrected chi connectivity index (χ0v) is 16.1. The summed E-state index contributed by atoms with van der Waals surface area (Å²) in [4.78, 5) is 14.6. The maximum absolute atomic E-state index is 13.1. The van der Waals surface area contributed by atoms with E-state index in [1.165, 1.54) is 23.3 Å². The number of nitrogens with zero attached hydrogens (tertiary/aromatic N) is 2. The highest BCUT2D eigenvalue weighted by molar-refractivity contribution is 5.78. The molecule has 0 aliphatic heterocycles. The van der Waals surface area contributed by atoms with Crippen LogP contribution in [0.15, 0.2) is 79.5 Å². The molecule has 0 fully saturated rings. The SMILES string of the molecule is C=CCN(Cc1cccn1Cc1cccc(C)c1)C(=O)Cc1ccc(F)cc1. The number of hydrogen-bond acceptors (Lipinski definition) is 1. The molecule has 0 saturated heterocycles. The topological polar surface area (TPSA) is 25.2 Å². The molecule has 0 radical (unpaired) electrons. The summed E-state index contributed by atoms with van der Waals surface area (Å²) in [6.07, 6.45) is 4.01. The van der Waals surface area contributed by atoms with Crippen LogP contribution in [0.25, 0.3) is 0 Å². The summed E-state index contributed by atoms with van der Waals surface area (Å²) in [5.74, 6) is -0.303. The zero-order chi connectivity index (χ0) is 19.9. The maximum atomic E-state index is 13.1. The molecule has 0 aliphatic carbocycles. The minimum Gasteiger partial charge on any atom is -0.345 e. The van der Waals surface area contributed by atoms with Crippen LogP contribution in [0.3, 0.4) is 0 Å². The molecule has 1 amide bonds. The van der Waals surface area contributed by atoms with Gasteiger partial charge in [-0.1, -0.05) is 48.0 Å². The van der Waals surface area contributed by atoms with Gasteiger partial charge >= 0.3 is 0 Å². The molecule has 0 saturated carbocycles. The first-order valence-corrected chi connectivity index (χ1v) is 9.38.